The van der Waals surface area contributed by atoms with Crippen molar-refractivity contribution < 1.29 is 4.42 Å². The van der Waals surface area contributed by atoms with Gasteiger partial charge in [-0.15, -0.1) is 0 Å². The zero-order valence-electron chi connectivity index (χ0n) is 13.1. The zero-order valence-corrected chi connectivity index (χ0v) is 13.1. The lowest BCUT2D eigenvalue weighted by molar-refractivity contribution is 0.598. The number of benzene rings is 1. The molecule has 0 radical (unpaired) electrons. The molecule has 1 nitrogen and oxygen atoms in total. The normalized spacial score (nSPS) is 10.1. The molecule has 1 heteroatoms. The Balaban J connectivity index is 0.000000741. The molecule has 0 saturated heterocycles. The molecule has 0 N–H and O–H groups in total. The topological polar surface area (TPSA) is 13.1 Å². The van der Waals surface area contributed by atoms with Crippen molar-refractivity contribution >= 4 is 22.6 Å². The second-order valence-electron chi connectivity index (χ2n) is 3.52. The number of para-hydroxylation sites is 1. The minimum atomic E-state index is 0.920. The van der Waals surface area contributed by atoms with Crippen LogP contribution in [0.4, 0.5) is 0 Å². The van der Waals surface area contributed by atoms with Crippen LogP contribution in [-0.4, -0.2) is 0 Å². The minimum Gasteiger partial charge on any atom is -0.456 e. The molecule has 2 rings (SSSR count). The lowest BCUT2D eigenvalue weighted by Crippen LogP contribution is -1.78. The first-order chi connectivity index (χ1) is 9.27. The summed E-state index contributed by atoms with van der Waals surface area (Å²) in [5, 5.41) is 1.13. The average Bonchev–Trinajstić information content (AvgIpc) is 2.89. The van der Waals surface area contributed by atoms with Gasteiger partial charge in [0.1, 0.15) is 11.3 Å². The van der Waals surface area contributed by atoms with Crippen molar-refractivity contribution in [3.05, 3.63) is 48.2 Å². The van der Waals surface area contributed by atoms with Crippen molar-refractivity contribution in [3.63, 3.8) is 0 Å². The van der Waals surface area contributed by atoms with Gasteiger partial charge in [-0.3, -0.25) is 0 Å². The van der Waals surface area contributed by atoms with Gasteiger partial charge in [0.15, 0.2) is 0 Å². The summed E-state index contributed by atoms with van der Waals surface area (Å²) < 4.78 is 5.80. The summed E-state index contributed by atoms with van der Waals surface area (Å²) in [6.45, 7) is 15.9. The highest BCUT2D eigenvalue weighted by molar-refractivity contribution is 5.92. The molecular weight excluding hydrogens is 232 g/mol. The Hall–Kier alpha value is -1.76. The number of rotatable bonds is 2. The summed E-state index contributed by atoms with van der Waals surface area (Å²) >= 11 is 0. The van der Waals surface area contributed by atoms with Crippen LogP contribution in [0.1, 0.15) is 52.9 Å². The third-order valence-corrected chi connectivity index (χ3v) is 2.63. The highest BCUT2D eigenvalue weighted by atomic mass is 16.3. The molecule has 1 aromatic heterocycles. The predicted octanol–water partition coefficient (Wildman–Crippen LogP) is 6.55. The van der Waals surface area contributed by atoms with Crippen LogP contribution in [0, 0.1) is 0 Å². The van der Waals surface area contributed by atoms with Gasteiger partial charge < -0.3 is 4.42 Å². The van der Waals surface area contributed by atoms with Crippen molar-refractivity contribution in [1.29, 1.82) is 0 Å². The monoisotopic (exact) mass is 258 g/mol. The van der Waals surface area contributed by atoms with Crippen molar-refractivity contribution in [2.45, 2.75) is 41.5 Å². The van der Waals surface area contributed by atoms with Crippen LogP contribution in [-0.2, 0) is 0 Å². The van der Waals surface area contributed by atoms with E-state index in [1.807, 2.05) is 71.9 Å². The highest BCUT2D eigenvalue weighted by Crippen LogP contribution is 2.31. The molecule has 19 heavy (non-hydrogen) atoms. The third-order valence-electron chi connectivity index (χ3n) is 2.63. The van der Waals surface area contributed by atoms with Crippen LogP contribution in [0.2, 0.25) is 0 Å². The SMILES string of the molecule is C=Cc1c(/C(C)=C\C)oc2ccccc12.CC.CC. The van der Waals surface area contributed by atoms with Crippen molar-refractivity contribution in [2.24, 2.45) is 0 Å². The van der Waals surface area contributed by atoms with E-state index in [1.54, 1.807) is 0 Å². The molecule has 0 spiro atoms. The van der Waals surface area contributed by atoms with Crippen LogP contribution in [0.5, 0.6) is 0 Å². The quantitative estimate of drug-likeness (QED) is 0.595. The summed E-state index contributed by atoms with van der Waals surface area (Å²) in [6.07, 6.45) is 3.90. The van der Waals surface area contributed by atoms with Gasteiger partial charge in [0.25, 0.3) is 0 Å². The molecule has 0 unspecified atom stereocenters. The highest BCUT2D eigenvalue weighted by Gasteiger charge is 2.11. The molecule has 1 aromatic carbocycles. The Morgan fingerprint density at radius 1 is 1.11 bits per heavy atom. The van der Waals surface area contributed by atoms with Gasteiger partial charge >= 0.3 is 0 Å². The second-order valence-corrected chi connectivity index (χ2v) is 3.52. The maximum Gasteiger partial charge on any atom is 0.137 e. The number of hydrogen-bond acceptors (Lipinski definition) is 1. The first kappa shape index (κ1) is 17.2. The third kappa shape index (κ3) is 3.85. The zero-order chi connectivity index (χ0) is 14.8. The second kappa shape index (κ2) is 9.21. The van der Waals surface area contributed by atoms with Crippen molar-refractivity contribution in [2.75, 3.05) is 0 Å². The van der Waals surface area contributed by atoms with E-state index in [1.165, 1.54) is 0 Å². The van der Waals surface area contributed by atoms with Crippen molar-refractivity contribution in [3.8, 4) is 0 Å². The summed E-state index contributed by atoms with van der Waals surface area (Å²) in [7, 11) is 0. The standard InChI is InChI=1S/C14H14O.2C2H6/c1-4-10(3)14-11(5-2)12-8-6-7-9-13(12)15-14;2*1-2/h4-9H,2H2,1,3H3;2*1-2H3/b10-4-;;. The number of fused-ring (bicyclic) bond motifs is 1. The lowest BCUT2D eigenvalue weighted by atomic mass is 10.1. The molecule has 0 aliphatic heterocycles. The largest absolute Gasteiger partial charge is 0.456 e. The van der Waals surface area contributed by atoms with E-state index in [0.29, 0.717) is 0 Å². The van der Waals surface area contributed by atoms with Crippen LogP contribution < -0.4 is 0 Å². The van der Waals surface area contributed by atoms with Crippen LogP contribution >= 0.6 is 0 Å². The maximum absolute atomic E-state index is 5.80. The molecule has 1 heterocycles. The fourth-order valence-corrected chi connectivity index (χ4v) is 1.69. The molecular formula is C18H26O. The van der Waals surface area contributed by atoms with E-state index in [9.17, 15) is 0 Å². The molecule has 0 atom stereocenters. The molecule has 0 aliphatic carbocycles. The van der Waals surface area contributed by atoms with E-state index in [0.717, 1.165) is 27.9 Å². The minimum absolute atomic E-state index is 0.920. The fourth-order valence-electron chi connectivity index (χ4n) is 1.69. The molecule has 0 aliphatic rings. The summed E-state index contributed by atoms with van der Waals surface area (Å²) in [4.78, 5) is 0. The van der Waals surface area contributed by atoms with E-state index in [4.69, 9.17) is 4.42 Å². The van der Waals surface area contributed by atoms with E-state index in [-0.39, 0.29) is 0 Å². The number of furan rings is 1. The predicted molar refractivity (Wildman–Crippen MR) is 88.3 cm³/mol. The van der Waals surface area contributed by atoms with Gasteiger partial charge in [-0.25, -0.2) is 0 Å². The number of allylic oxidation sites excluding steroid dienone is 2. The van der Waals surface area contributed by atoms with Gasteiger partial charge in [0.05, 0.1) is 0 Å². The molecule has 0 bridgehead atoms. The van der Waals surface area contributed by atoms with E-state index >= 15 is 0 Å². The van der Waals surface area contributed by atoms with Gasteiger partial charge in [-0.2, -0.15) is 0 Å². The number of hydrogen-bond donors (Lipinski definition) is 0. The Kier molecular flexibility index (Phi) is 8.35. The smallest absolute Gasteiger partial charge is 0.137 e. The summed E-state index contributed by atoms with van der Waals surface area (Å²) in [6, 6.07) is 8.03. The first-order valence-electron chi connectivity index (χ1n) is 7.05. The van der Waals surface area contributed by atoms with E-state index < -0.39 is 0 Å². The fraction of sp³-hybridized carbons (Fsp3) is 0.333. The van der Waals surface area contributed by atoms with Gasteiger partial charge in [0.2, 0.25) is 0 Å². The Bertz CT molecular complexity index is 530. The Morgan fingerprint density at radius 3 is 2.21 bits per heavy atom. The maximum atomic E-state index is 5.80. The van der Waals surface area contributed by atoms with Crippen LogP contribution in [0.3, 0.4) is 0 Å². The Labute approximate surface area is 117 Å². The molecule has 2 aromatic rings. The average molecular weight is 258 g/mol. The summed E-state index contributed by atoms with van der Waals surface area (Å²) in [5.74, 6) is 0.925. The van der Waals surface area contributed by atoms with E-state index in [2.05, 4.69) is 12.6 Å². The van der Waals surface area contributed by atoms with Gasteiger partial charge in [0, 0.05) is 10.9 Å². The molecule has 0 fully saturated rings. The Morgan fingerprint density at radius 2 is 1.68 bits per heavy atom. The molecule has 0 amide bonds. The van der Waals surface area contributed by atoms with Crippen molar-refractivity contribution in [1.82, 2.24) is 0 Å². The molecule has 0 saturated carbocycles. The first-order valence-corrected chi connectivity index (χ1v) is 7.05. The molecule has 104 valence electrons. The van der Waals surface area contributed by atoms with Gasteiger partial charge in [-0.05, 0) is 25.5 Å². The van der Waals surface area contributed by atoms with Crippen LogP contribution in [0.15, 0.2) is 41.3 Å². The van der Waals surface area contributed by atoms with Gasteiger partial charge in [-0.1, -0.05) is 64.6 Å². The lowest BCUT2D eigenvalue weighted by Gasteiger charge is -1.96. The van der Waals surface area contributed by atoms with Crippen LogP contribution in [0.25, 0.3) is 22.6 Å². The summed E-state index contributed by atoms with van der Waals surface area (Å²) in [5.41, 5.74) is 3.14.